The Morgan fingerprint density at radius 3 is 2.00 bits per heavy atom. The van der Waals surface area contributed by atoms with Gasteiger partial charge in [-0.15, -0.1) is 0 Å². The number of carbonyl (C=O) groups is 4. The topological polar surface area (TPSA) is 87.2 Å². The Balaban J connectivity index is 1.58. The van der Waals surface area contributed by atoms with Gasteiger partial charge >= 0.3 is 6.09 Å². The summed E-state index contributed by atoms with van der Waals surface area (Å²) >= 11 is 0. The second-order valence-corrected chi connectivity index (χ2v) is 5.81. The minimum Gasteiger partial charge on any atom is -0.450 e. The average molecular weight is 345 g/mol. The molecule has 2 aliphatic rings. The molecule has 0 aromatic heterocycles. The van der Waals surface area contributed by atoms with Crippen LogP contribution in [0.2, 0.25) is 0 Å². The van der Waals surface area contributed by atoms with Gasteiger partial charge in [0.15, 0.2) is 0 Å². The van der Waals surface area contributed by atoms with Gasteiger partial charge in [-0.05, 0) is 19.1 Å². The molecule has 0 unspecified atom stereocenters. The predicted octanol–water partition coefficient (Wildman–Crippen LogP) is 0.583. The summed E-state index contributed by atoms with van der Waals surface area (Å²) in [5, 5.41) is 0. The van der Waals surface area contributed by atoms with Crippen molar-refractivity contribution in [3.05, 3.63) is 35.4 Å². The third-order valence-electron chi connectivity index (χ3n) is 4.33. The number of fused-ring (bicyclic) bond motifs is 1. The predicted molar refractivity (Wildman–Crippen MR) is 87.0 cm³/mol. The van der Waals surface area contributed by atoms with Crippen LogP contribution in [0, 0.1) is 0 Å². The molecule has 1 fully saturated rings. The van der Waals surface area contributed by atoms with Crippen LogP contribution in [0.1, 0.15) is 27.6 Å². The van der Waals surface area contributed by atoms with E-state index in [4.69, 9.17) is 4.74 Å². The highest BCUT2D eigenvalue weighted by Gasteiger charge is 2.37. The summed E-state index contributed by atoms with van der Waals surface area (Å²) in [6, 6.07) is 6.53. The summed E-state index contributed by atoms with van der Waals surface area (Å²) in [6.45, 7) is 3.18. The van der Waals surface area contributed by atoms with Crippen molar-refractivity contribution in [2.24, 2.45) is 0 Å². The Hall–Kier alpha value is -2.90. The minimum absolute atomic E-state index is 0.286. The van der Waals surface area contributed by atoms with Crippen molar-refractivity contribution >= 4 is 23.8 Å². The quantitative estimate of drug-likeness (QED) is 0.748. The van der Waals surface area contributed by atoms with Crippen molar-refractivity contribution in [2.75, 3.05) is 39.3 Å². The van der Waals surface area contributed by atoms with Crippen molar-refractivity contribution in [2.45, 2.75) is 6.92 Å². The lowest BCUT2D eigenvalue weighted by molar-refractivity contribution is -0.133. The molecule has 8 heteroatoms. The summed E-state index contributed by atoms with van der Waals surface area (Å²) in [7, 11) is 0. The Kier molecular flexibility index (Phi) is 4.69. The number of benzene rings is 1. The van der Waals surface area contributed by atoms with Crippen LogP contribution in [0.5, 0.6) is 0 Å². The molecule has 0 atom stereocenters. The number of ether oxygens (including phenoxy) is 1. The lowest BCUT2D eigenvalue weighted by atomic mass is 10.1. The number of piperazine rings is 1. The summed E-state index contributed by atoms with van der Waals surface area (Å²) in [5.74, 6) is -1.20. The molecular formula is C17H19N3O5. The molecule has 2 heterocycles. The first kappa shape index (κ1) is 16.9. The van der Waals surface area contributed by atoms with Gasteiger partial charge < -0.3 is 14.5 Å². The van der Waals surface area contributed by atoms with Crippen LogP contribution in [0.3, 0.4) is 0 Å². The van der Waals surface area contributed by atoms with E-state index in [2.05, 4.69) is 0 Å². The molecule has 1 saturated heterocycles. The van der Waals surface area contributed by atoms with Crippen molar-refractivity contribution in [1.29, 1.82) is 0 Å². The Labute approximate surface area is 144 Å². The number of rotatable bonds is 3. The zero-order chi connectivity index (χ0) is 18.0. The summed E-state index contributed by atoms with van der Waals surface area (Å²) in [6.07, 6.45) is -0.394. The molecule has 0 bridgehead atoms. The van der Waals surface area contributed by atoms with Crippen molar-refractivity contribution in [1.82, 2.24) is 14.7 Å². The number of hydrogen-bond acceptors (Lipinski definition) is 5. The van der Waals surface area contributed by atoms with Crippen LogP contribution in [-0.2, 0) is 9.53 Å². The molecule has 4 amide bonds. The molecule has 0 N–H and O–H groups in total. The van der Waals surface area contributed by atoms with Crippen LogP contribution in [-0.4, -0.2) is 77.8 Å². The SMILES string of the molecule is CCOC(=O)N1CCN(C(=O)CN2C(=O)c3ccccc3C2=O)CC1. The molecule has 0 spiro atoms. The summed E-state index contributed by atoms with van der Waals surface area (Å²) < 4.78 is 4.93. The fraction of sp³-hybridized carbons (Fsp3) is 0.412. The highest BCUT2D eigenvalue weighted by Crippen LogP contribution is 2.22. The standard InChI is InChI=1S/C17H19N3O5/c1-2-25-17(24)19-9-7-18(8-10-19)14(21)11-20-15(22)12-5-3-4-6-13(12)16(20)23/h3-6H,2,7-11H2,1H3. The van der Waals surface area contributed by atoms with E-state index in [1.807, 2.05) is 0 Å². The van der Waals surface area contributed by atoms with Crippen molar-refractivity contribution in [3.8, 4) is 0 Å². The molecule has 0 radical (unpaired) electrons. The molecule has 3 rings (SSSR count). The Morgan fingerprint density at radius 2 is 1.48 bits per heavy atom. The molecule has 1 aromatic carbocycles. The highest BCUT2D eigenvalue weighted by atomic mass is 16.6. The normalized spacial score (nSPS) is 16.9. The fourth-order valence-corrected chi connectivity index (χ4v) is 2.97. The Morgan fingerprint density at radius 1 is 0.960 bits per heavy atom. The number of amides is 4. The second-order valence-electron chi connectivity index (χ2n) is 5.81. The van der Waals surface area contributed by atoms with E-state index in [9.17, 15) is 19.2 Å². The van der Waals surface area contributed by atoms with Crippen molar-refractivity contribution < 1.29 is 23.9 Å². The molecule has 1 aromatic rings. The van der Waals surface area contributed by atoms with E-state index in [0.717, 1.165) is 4.90 Å². The first-order valence-electron chi connectivity index (χ1n) is 8.17. The van der Waals surface area contributed by atoms with Crippen molar-refractivity contribution in [3.63, 3.8) is 0 Å². The lowest BCUT2D eigenvalue weighted by Crippen LogP contribution is -2.53. The number of imide groups is 1. The molecule has 132 valence electrons. The summed E-state index contributed by atoms with van der Waals surface area (Å²) in [4.78, 5) is 52.8. The van der Waals surface area contributed by atoms with E-state index in [1.165, 1.54) is 4.90 Å². The van der Waals surface area contributed by atoms with Gasteiger partial charge in [-0.3, -0.25) is 19.3 Å². The second kappa shape index (κ2) is 6.92. The van der Waals surface area contributed by atoms with Crippen LogP contribution < -0.4 is 0 Å². The van der Waals surface area contributed by atoms with Gasteiger partial charge in [0.25, 0.3) is 11.8 Å². The van der Waals surface area contributed by atoms with E-state index in [-0.39, 0.29) is 12.5 Å². The van der Waals surface area contributed by atoms with E-state index in [0.29, 0.717) is 43.9 Å². The molecule has 8 nitrogen and oxygen atoms in total. The smallest absolute Gasteiger partial charge is 0.409 e. The van der Waals surface area contributed by atoms with E-state index < -0.39 is 17.9 Å². The number of nitrogens with zero attached hydrogens (tertiary/aromatic N) is 3. The molecule has 25 heavy (non-hydrogen) atoms. The maximum absolute atomic E-state index is 12.4. The number of carbonyl (C=O) groups excluding carboxylic acids is 4. The lowest BCUT2D eigenvalue weighted by Gasteiger charge is -2.34. The largest absolute Gasteiger partial charge is 0.450 e. The molecule has 0 saturated carbocycles. The first-order valence-corrected chi connectivity index (χ1v) is 8.17. The monoisotopic (exact) mass is 345 g/mol. The maximum atomic E-state index is 12.4. The molecular weight excluding hydrogens is 326 g/mol. The van der Waals surface area contributed by atoms with Crippen LogP contribution >= 0.6 is 0 Å². The summed E-state index contributed by atoms with van der Waals surface area (Å²) in [5.41, 5.74) is 0.653. The van der Waals surface area contributed by atoms with Gasteiger partial charge in [-0.25, -0.2) is 4.79 Å². The molecule has 0 aliphatic carbocycles. The van der Waals surface area contributed by atoms with Gasteiger partial charge in [0, 0.05) is 26.2 Å². The van der Waals surface area contributed by atoms with Gasteiger partial charge in [0.1, 0.15) is 6.54 Å². The third kappa shape index (κ3) is 3.19. The zero-order valence-electron chi connectivity index (χ0n) is 13.9. The Bertz CT molecular complexity index is 690. The van der Waals surface area contributed by atoms with Gasteiger partial charge in [-0.2, -0.15) is 0 Å². The third-order valence-corrected chi connectivity index (χ3v) is 4.33. The van der Waals surface area contributed by atoms with E-state index in [1.54, 1.807) is 36.1 Å². The molecule has 2 aliphatic heterocycles. The fourth-order valence-electron chi connectivity index (χ4n) is 2.97. The average Bonchev–Trinajstić information content (AvgIpc) is 2.87. The zero-order valence-corrected chi connectivity index (χ0v) is 13.9. The van der Waals surface area contributed by atoms with Gasteiger partial charge in [0.05, 0.1) is 17.7 Å². The van der Waals surface area contributed by atoms with Gasteiger partial charge in [0.2, 0.25) is 5.91 Å². The van der Waals surface area contributed by atoms with Crippen LogP contribution in [0.15, 0.2) is 24.3 Å². The number of hydrogen-bond donors (Lipinski definition) is 0. The van der Waals surface area contributed by atoms with Crippen LogP contribution in [0.4, 0.5) is 4.79 Å². The minimum atomic E-state index is -0.445. The van der Waals surface area contributed by atoms with E-state index >= 15 is 0 Å². The maximum Gasteiger partial charge on any atom is 0.409 e. The first-order chi connectivity index (χ1) is 12.0. The van der Waals surface area contributed by atoms with Gasteiger partial charge in [-0.1, -0.05) is 12.1 Å². The van der Waals surface area contributed by atoms with Crippen LogP contribution in [0.25, 0.3) is 0 Å². The highest BCUT2D eigenvalue weighted by molar-refractivity contribution is 6.22.